The molecule has 0 aliphatic carbocycles. The number of aromatic amines is 1. The molecule has 2 heterocycles. The van der Waals surface area contributed by atoms with E-state index in [1.165, 1.54) is 4.90 Å². The summed E-state index contributed by atoms with van der Waals surface area (Å²) in [5, 5.41) is 9.73. The number of H-pyrrole nitrogens is 1. The van der Waals surface area contributed by atoms with Crippen LogP contribution in [-0.4, -0.2) is 27.0 Å². The average Bonchev–Trinajstić information content (AvgIpc) is 3.03. The highest BCUT2D eigenvalue weighted by Crippen LogP contribution is 2.26. The number of fused-ring (bicyclic) bond motifs is 1. The summed E-state index contributed by atoms with van der Waals surface area (Å²) in [7, 11) is 0. The second-order valence-corrected chi connectivity index (χ2v) is 5.38. The van der Waals surface area contributed by atoms with Crippen LogP contribution < -0.4 is 11.1 Å². The summed E-state index contributed by atoms with van der Waals surface area (Å²) in [5.74, 6) is 0.332. The number of aromatic nitrogens is 2. The van der Waals surface area contributed by atoms with Gasteiger partial charge in [-0.05, 0) is 18.1 Å². The smallest absolute Gasteiger partial charge is 0.315 e. The third-order valence-electron chi connectivity index (χ3n) is 3.83. The van der Waals surface area contributed by atoms with Gasteiger partial charge < -0.3 is 16.0 Å². The molecule has 1 aromatic heterocycles. The van der Waals surface area contributed by atoms with Crippen LogP contribution in [0, 0.1) is 6.92 Å². The third-order valence-corrected chi connectivity index (χ3v) is 3.83. The number of nitrogens with one attached hydrogen (secondary N) is 2. The molecule has 0 saturated heterocycles. The number of rotatable bonds is 3. The van der Waals surface area contributed by atoms with Gasteiger partial charge in [0, 0.05) is 5.56 Å². The molecule has 0 atom stereocenters. The Balaban J connectivity index is 1.69. The number of benzene rings is 1. The molecule has 0 radical (unpaired) electrons. The Hall–Kier alpha value is -2.83. The lowest BCUT2D eigenvalue weighted by atomic mass is 10.1. The van der Waals surface area contributed by atoms with Gasteiger partial charge in [-0.2, -0.15) is 5.10 Å². The Bertz CT molecular complexity index is 737. The lowest BCUT2D eigenvalue weighted by Gasteiger charge is -2.11. The van der Waals surface area contributed by atoms with Crippen LogP contribution in [0.1, 0.15) is 22.4 Å². The van der Waals surface area contributed by atoms with Gasteiger partial charge in [-0.25, -0.2) is 4.79 Å². The van der Waals surface area contributed by atoms with Gasteiger partial charge in [-0.3, -0.25) is 9.89 Å². The molecule has 0 saturated carbocycles. The number of hydrogen-bond acceptors (Lipinski definition) is 3. The molecule has 0 spiro atoms. The zero-order chi connectivity index (χ0) is 15.7. The van der Waals surface area contributed by atoms with Crippen LogP contribution in [0.4, 0.5) is 10.6 Å². The number of carbonyl (C=O) groups is 2. The molecule has 3 rings (SSSR count). The molecule has 0 fully saturated rings. The highest BCUT2D eigenvalue weighted by atomic mass is 16.2. The van der Waals surface area contributed by atoms with Crippen LogP contribution in [0.25, 0.3) is 0 Å². The number of primary amides is 1. The fourth-order valence-electron chi connectivity index (χ4n) is 2.56. The standard InChI is InChI=1S/C15H17N5O2/c1-9-4-2-3-5-10(9)6-13(21)17-14-11-7-20(15(16)22)8-12(11)18-19-14/h2-5H,6-8H2,1H3,(H2,16,22)(H2,17,18,19,21). The Morgan fingerprint density at radius 3 is 2.86 bits per heavy atom. The molecule has 22 heavy (non-hydrogen) atoms. The van der Waals surface area contributed by atoms with Crippen molar-refractivity contribution in [2.45, 2.75) is 26.4 Å². The van der Waals surface area contributed by atoms with E-state index in [1.54, 1.807) is 0 Å². The zero-order valence-corrected chi connectivity index (χ0v) is 12.2. The highest BCUT2D eigenvalue weighted by Gasteiger charge is 2.27. The van der Waals surface area contributed by atoms with E-state index in [4.69, 9.17) is 5.73 Å². The molecular weight excluding hydrogens is 282 g/mol. The van der Waals surface area contributed by atoms with Crippen molar-refractivity contribution in [3.63, 3.8) is 0 Å². The lowest BCUT2D eigenvalue weighted by Crippen LogP contribution is -2.31. The van der Waals surface area contributed by atoms with Crippen molar-refractivity contribution < 1.29 is 9.59 Å². The van der Waals surface area contributed by atoms with Gasteiger partial charge in [0.15, 0.2) is 5.82 Å². The van der Waals surface area contributed by atoms with Gasteiger partial charge in [0.2, 0.25) is 5.91 Å². The van der Waals surface area contributed by atoms with Crippen molar-refractivity contribution in [3.05, 3.63) is 46.6 Å². The number of anilines is 1. The van der Waals surface area contributed by atoms with Crippen molar-refractivity contribution in [2.75, 3.05) is 5.32 Å². The van der Waals surface area contributed by atoms with Crippen molar-refractivity contribution in [1.29, 1.82) is 0 Å². The summed E-state index contributed by atoms with van der Waals surface area (Å²) in [6.45, 7) is 2.73. The summed E-state index contributed by atoms with van der Waals surface area (Å²) >= 11 is 0. The van der Waals surface area contributed by atoms with E-state index < -0.39 is 6.03 Å². The van der Waals surface area contributed by atoms with Crippen LogP contribution in [0.3, 0.4) is 0 Å². The summed E-state index contributed by atoms with van der Waals surface area (Å²) in [4.78, 5) is 24.9. The van der Waals surface area contributed by atoms with Crippen LogP contribution in [0.5, 0.6) is 0 Å². The van der Waals surface area contributed by atoms with E-state index in [2.05, 4.69) is 15.5 Å². The van der Waals surface area contributed by atoms with Gasteiger partial charge in [0.05, 0.1) is 25.2 Å². The van der Waals surface area contributed by atoms with E-state index >= 15 is 0 Å². The molecule has 114 valence electrons. The lowest BCUT2D eigenvalue weighted by molar-refractivity contribution is -0.115. The van der Waals surface area contributed by atoms with Crippen molar-refractivity contribution in [2.24, 2.45) is 5.73 Å². The summed E-state index contributed by atoms with van der Waals surface area (Å²) in [6, 6.07) is 7.27. The first-order valence-corrected chi connectivity index (χ1v) is 6.99. The quantitative estimate of drug-likeness (QED) is 0.795. The van der Waals surface area contributed by atoms with Crippen molar-refractivity contribution in [1.82, 2.24) is 15.1 Å². The SMILES string of the molecule is Cc1ccccc1CC(=O)Nc1n[nH]c2c1CN(C(N)=O)C2. The molecule has 2 aromatic rings. The largest absolute Gasteiger partial charge is 0.351 e. The first-order valence-electron chi connectivity index (χ1n) is 6.99. The van der Waals surface area contributed by atoms with Crippen LogP contribution in [0.2, 0.25) is 0 Å². The number of carbonyl (C=O) groups excluding carboxylic acids is 2. The monoisotopic (exact) mass is 299 g/mol. The Morgan fingerprint density at radius 1 is 1.36 bits per heavy atom. The van der Waals surface area contributed by atoms with E-state index in [1.807, 2.05) is 31.2 Å². The number of amides is 3. The molecule has 7 nitrogen and oxygen atoms in total. The molecule has 1 aromatic carbocycles. The second-order valence-electron chi connectivity index (χ2n) is 5.38. The Kier molecular flexibility index (Phi) is 3.54. The molecule has 7 heteroatoms. The maximum absolute atomic E-state index is 12.2. The number of urea groups is 1. The minimum absolute atomic E-state index is 0.138. The molecular formula is C15H17N5O2. The minimum Gasteiger partial charge on any atom is -0.351 e. The van der Waals surface area contributed by atoms with Gasteiger partial charge >= 0.3 is 6.03 Å². The molecule has 4 N–H and O–H groups in total. The van der Waals surface area contributed by atoms with Crippen molar-refractivity contribution in [3.8, 4) is 0 Å². The first kappa shape index (κ1) is 14.1. The van der Waals surface area contributed by atoms with Crippen LogP contribution in [0.15, 0.2) is 24.3 Å². The van der Waals surface area contributed by atoms with Gasteiger partial charge in [0.1, 0.15) is 0 Å². The summed E-state index contributed by atoms with van der Waals surface area (Å²) in [6.07, 6.45) is 0.286. The Morgan fingerprint density at radius 2 is 2.14 bits per heavy atom. The number of aryl methyl sites for hydroxylation is 1. The maximum Gasteiger partial charge on any atom is 0.315 e. The predicted octanol–water partition coefficient (Wildman–Crippen LogP) is 1.29. The minimum atomic E-state index is -0.484. The van der Waals surface area contributed by atoms with Crippen LogP contribution in [-0.2, 0) is 24.3 Å². The predicted molar refractivity (Wildman–Crippen MR) is 80.9 cm³/mol. The van der Waals surface area contributed by atoms with Crippen molar-refractivity contribution >= 4 is 17.8 Å². The summed E-state index contributed by atoms with van der Waals surface area (Å²) in [5.41, 5.74) is 8.95. The number of nitrogens with two attached hydrogens (primary N) is 1. The number of nitrogens with zero attached hydrogens (tertiary/aromatic N) is 2. The van der Waals surface area contributed by atoms with E-state index in [-0.39, 0.29) is 12.3 Å². The second kappa shape index (κ2) is 5.51. The summed E-state index contributed by atoms with van der Waals surface area (Å²) < 4.78 is 0. The fourth-order valence-corrected chi connectivity index (χ4v) is 2.56. The molecule has 1 aliphatic rings. The van der Waals surface area contributed by atoms with Gasteiger partial charge in [0.25, 0.3) is 0 Å². The normalized spacial score (nSPS) is 13.0. The third kappa shape index (κ3) is 2.65. The first-order chi connectivity index (χ1) is 10.5. The van der Waals surface area contributed by atoms with Crippen LogP contribution >= 0.6 is 0 Å². The maximum atomic E-state index is 12.2. The molecule has 0 bridgehead atoms. The highest BCUT2D eigenvalue weighted by molar-refractivity contribution is 5.92. The van der Waals surface area contributed by atoms with E-state index in [0.29, 0.717) is 18.9 Å². The fraction of sp³-hybridized carbons (Fsp3) is 0.267. The zero-order valence-electron chi connectivity index (χ0n) is 12.2. The topological polar surface area (TPSA) is 104 Å². The molecule has 0 unspecified atom stereocenters. The number of hydrogen-bond donors (Lipinski definition) is 3. The van der Waals surface area contributed by atoms with E-state index in [0.717, 1.165) is 22.4 Å². The van der Waals surface area contributed by atoms with Gasteiger partial charge in [-0.15, -0.1) is 0 Å². The van der Waals surface area contributed by atoms with E-state index in [9.17, 15) is 9.59 Å². The van der Waals surface area contributed by atoms with Gasteiger partial charge in [-0.1, -0.05) is 24.3 Å². The molecule has 1 aliphatic heterocycles. The average molecular weight is 299 g/mol. The molecule has 3 amide bonds. The Labute approximate surface area is 127 Å².